The van der Waals surface area contributed by atoms with Crippen molar-refractivity contribution in [3.8, 4) is 0 Å². The van der Waals surface area contributed by atoms with Crippen LogP contribution in [0.15, 0.2) is 48.1 Å². The van der Waals surface area contributed by atoms with Gasteiger partial charge in [-0.25, -0.2) is 4.39 Å². The zero-order valence-corrected chi connectivity index (χ0v) is 10.7. The lowest BCUT2D eigenvalue weighted by molar-refractivity contribution is 0.400. The third-order valence-corrected chi connectivity index (χ3v) is 4.37. The van der Waals surface area contributed by atoms with Gasteiger partial charge in [-0.15, -0.1) is 0 Å². The molecule has 94 valence electrons. The number of halogens is 1. The molecule has 1 unspecified atom stereocenters. The molecule has 0 aliphatic heterocycles. The van der Waals surface area contributed by atoms with Gasteiger partial charge in [0.2, 0.25) is 0 Å². The molecule has 1 aromatic rings. The van der Waals surface area contributed by atoms with E-state index in [0.717, 1.165) is 43.2 Å². The Labute approximate surface area is 108 Å². The van der Waals surface area contributed by atoms with E-state index >= 15 is 0 Å². The molecule has 0 bridgehead atoms. The minimum atomic E-state index is 0.0275. The molecule has 1 atom stereocenters. The predicted molar refractivity (Wildman–Crippen MR) is 73.7 cm³/mol. The van der Waals surface area contributed by atoms with Crippen molar-refractivity contribution in [2.75, 3.05) is 0 Å². The summed E-state index contributed by atoms with van der Waals surface area (Å²) in [4.78, 5) is 0. The molecule has 1 fully saturated rings. The second-order valence-electron chi connectivity index (χ2n) is 5.46. The maximum Gasteiger partial charge on any atom is 0.130 e. The van der Waals surface area contributed by atoms with Crippen LogP contribution in [-0.4, -0.2) is 0 Å². The summed E-state index contributed by atoms with van der Waals surface area (Å²) >= 11 is 0. The van der Waals surface area contributed by atoms with Crippen LogP contribution in [0, 0.1) is 5.41 Å². The number of allylic oxidation sites excluding steroid dienone is 3. The van der Waals surface area contributed by atoms with Gasteiger partial charge in [0.1, 0.15) is 5.83 Å². The molecule has 3 rings (SSSR count). The average Bonchev–Trinajstić information content (AvgIpc) is 2.83. The Morgan fingerprint density at radius 3 is 2.56 bits per heavy atom. The van der Waals surface area contributed by atoms with Crippen LogP contribution in [0.5, 0.6) is 0 Å². The Bertz CT molecular complexity index is 484. The minimum Gasteiger partial charge on any atom is -0.206 e. The molecule has 2 aliphatic rings. The maximum atomic E-state index is 14.7. The van der Waals surface area contributed by atoms with Gasteiger partial charge in [0, 0.05) is 11.0 Å². The standard InChI is InChI=1S/C17H19F/c18-16(14-8-3-1-4-9-14)15-10-7-13-17(15)11-5-2-6-12-17/h1,3-5,8-9,11H,2,6-7,10,12-13H2/b16-15+. The Balaban J connectivity index is 2.04. The van der Waals surface area contributed by atoms with Crippen molar-refractivity contribution < 1.29 is 4.39 Å². The first-order chi connectivity index (χ1) is 8.82. The van der Waals surface area contributed by atoms with E-state index in [1.807, 2.05) is 30.3 Å². The number of hydrogen-bond acceptors (Lipinski definition) is 0. The smallest absolute Gasteiger partial charge is 0.130 e. The molecule has 0 radical (unpaired) electrons. The molecule has 0 N–H and O–H groups in total. The van der Waals surface area contributed by atoms with Crippen LogP contribution in [0.4, 0.5) is 4.39 Å². The van der Waals surface area contributed by atoms with Crippen LogP contribution in [0.25, 0.3) is 5.83 Å². The first kappa shape index (κ1) is 11.7. The highest BCUT2D eigenvalue weighted by atomic mass is 19.1. The lowest BCUT2D eigenvalue weighted by Crippen LogP contribution is -2.18. The molecular formula is C17H19F. The van der Waals surface area contributed by atoms with E-state index in [-0.39, 0.29) is 11.2 Å². The number of benzene rings is 1. The SMILES string of the molecule is F/C(=C1\CCCC12C=CCCC2)c1ccccc1. The zero-order valence-electron chi connectivity index (χ0n) is 10.7. The lowest BCUT2D eigenvalue weighted by Gasteiger charge is -2.30. The van der Waals surface area contributed by atoms with Crippen LogP contribution < -0.4 is 0 Å². The molecule has 1 spiro atoms. The van der Waals surface area contributed by atoms with Gasteiger partial charge in [-0.3, -0.25) is 0 Å². The molecule has 2 aliphatic carbocycles. The largest absolute Gasteiger partial charge is 0.206 e. The van der Waals surface area contributed by atoms with E-state index in [1.54, 1.807) is 0 Å². The Kier molecular flexibility index (Phi) is 3.07. The van der Waals surface area contributed by atoms with Gasteiger partial charge in [-0.1, -0.05) is 42.5 Å². The molecule has 1 aromatic carbocycles. The van der Waals surface area contributed by atoms with E-state index in [1.165, 1.54) is 6.42 Å². The third-order valence-electron chi connectivity index (χ3n) is 4.37. The molecule has 0 nitrogen and oxygen atoms in total. The highest BCUT2D eigenvalue weighted by Gasteiger charge is 2.39. The van der Waals surface area contributed by atoms with E-state index in [2.05, 4.69) is 12.2 Å². The van der Waals surface area contributed by atoms with Crippen molar-refractivity contribution in [3.05, 3.63) is 53.6 Å². The van der Waals surface area contributed by atoms with Gasteiger partial charge in [0.05, 0.1) is 0 Å². The van der Waals surface area contributed by atoms with Gasteiger partial charge < -0.3 is 0 Å². The van der Waals surface area contributed by atoms with Crippen molar-refractivity contribution in [3.63, 3.8) is 0 Å². The van der Waals surface area contributed by atoms with Gasteiger partial charge in [-0.05, 0) is 44.1 Å². The second kappa shape index (κ2) is 4.72. The summed E-state index contributed by atoms with van der Waals surface area (Å²) in [6.45, 7) is 0. The van der Waals surface area contributed by atoms with Gasteiger partial charge in [0.25, 0.3) is 0 Å². The van der Waals surface area contributed by atoms with Crippen LogP contribution >= 0.6 is 0 Å². The fourth-order valence-corrected chi connectivity index (χ4v) is 3.45. The molecule has 1 saturated carbocycles. The van der Waals surface area contributed by atoms with Crippen LogP contribution in [0.3, 0.4) is 0 Å². The van der Waals surface area contributed by atoms with Crippen LogP contribution in [0.2, 0.25) is 0 Å². The molecule has 18 heavy (non-hydrogen) atoms. The van der Waals surface area contributed by atoms with Crippen LogP contribution in [-0.2, 0) is 0 Å². The third kappa shape index (κ3) is 1.92. The summed E-state index contributed by atoms with van der Waals surface area (Å²) in [7, 11) is 0. The Morgan fingerprint density at radius 2 is 1.83 bits per heavy atom. The summed E-state index contributed by atoms with van der Waals surface area (Å²) in [5.74, 6) is 0.0275. The summed E-state index contributed by atoms with van der Waals surface area (Å²) in [6, 6.07) is 9.51. The molecule has 0 saturated heterocycles. The summed E-state index contributed by atoms with van der Waals surface area (Å²) in [5.41, 5.74) is 1.83. The van der Waals surface area contributed by atoms with E-state index in [9.17, 15) is 4.39 Å². The fraction of sp³-hybridized carbons (Fsp3) is 0.412. The van der Waals surface area contributed by atoms with Gasteiger partial charge >= 0.3 is 0 Å². The molecular weight excluding hydrogens is 223 g/mol. The predicted octanol–water partition coefficient (Wildman–Crippen LogP) is 5.28. The average molecular weight is 242 g/mol. The van der Waals surface area contributed by atoms with Crippen molar-refractivity contribution >= 4 is 5.83 Å². The molecule has 0 aromatic heterocycles. The Morgan fingerprint density at radius 1 is 1.06 bits per heavy atom. The minimum absolute atomic E-state index is 0.0275. The maximum absolute atomic E-state index is 14.7. The zero-order chi connectivity index (χ0) is 12.4. The van der Waals surface area contributed by atoms with Gasteiger partial charge in [0.15, 0.2) is 0 Å². The first-order valence-corrected chi connectivity index (χ1v) is 6.94. The first-order valence-electron chi connectivity index (χ1n) is 6.94. The van der Waals surface area contributed by atoms with E-state index < -0.39 is 0 Å². The monoisotopic (exact) mass is 242 g/mol. The van der Waals surface area contributed by atoms with E-state index in [4.69, 9.17) is 0 Å². The quantitative estimate of drug-likeness (QED) is 0.588. The fourth-order valence-electron chi connectivity index (χ4n) is 3.45. The molecule has 0 amide bonds. The van der Waals surface area contributed by atoms with Gasteiger partial charge in [-0.2, -0.15) is 0 Å². The Hall–Kier alpha value is -1.37. The second-order valence-corrected chi connectivity index (χ2v) is 5.46. The normalized spacial score (nSPS) is 29.8. The van der Waals surface area contributed by atoms with Crippen molar-refractivity contribution in [2.45, 2.75) is 38.5 Å². The topological polar surface area (TPSA) is 0 Å². The summed E-state index contributed by atoms with van der Waals surface area (Å²) < 4.78 is 14.7. The van der Waals surface area contributed by atoms with Crippen molar-refractivity contribution in [1.29, 1.82) is 0 Å². The number of rotatable bonds is 1. The summed E-state index contributed by atoms with van der Waals surface area (Å²) in [5, 5.41) is 0. The number of hydrogen-bond donors (Lipinski definition) is 0. The van der Waals surface area contributed by atoms with Crippen molar-refractivity contribution in [2.24, 2.45) is 5.41 Å². The van der Waals surface area contributed by atoms with Crippen LogP contribution in [0.1, 0.15) is 44.1 Å². The van der Waals surface area contributed by atoms with Crippen molar-refractivity contribution in [1.82, 2.24) is 0 Å². The molecule has 1 heteroatoms. The van der Waals surface area contributed by atoms with E-state index in [0.29, 0.717) is 0 Å². The highest BCUT2D eigenvalue weighted by Crippen LogP contribution is 2.52. The highest BCUT2D eigenvalue weighted by molar-refractivity contribution is 5.65. The summed E-state index contributed by atoms with van der Waals surface area (Å²) in [6.07, 6.45) is 11.2. The molecule has 0 heterocycles. The lowest BCUT2D eigenvalue weighted by atomic mass is 9.74.